The molecule has 3 aromatic rings. The molecule has 1 heterocycles. The lowest BCUT2D eigenvalue weighted by molar-refractivity contribution is 0.629. The molecule has 0 saturated carbocycles. The smallest absolute Gasteiger partial charge is 0.206 e. The first-order chi connectivity index (χ1) is 12.7. The number of rotatable bonds is 6. The second kappa shape index (κ2) is 8.72. The fraction of sp³-hybridized carbons (Fsp3) is 0.238. The molecular formula is C21H22FN3S. The first kappa shape index (κ1) is 18.3. The van der Waals surface area contributed by atoms with Crippen molar-refractivity contribution >= 4 is 17.0 Å². The predicted molar refractivity (Wildman–Crippen MR) is 107 cm³/mol. The summed E-state index contributed by atoms with van der Waals surface area (Å²) < 4.78 is 16.0. The van der Waals surface area contributed by atoms with Crippen LogP contribution in [0.5, 0.6) is 0 Å². The van der Waals surface area contributed by atoms with Gasteiger partial charge in [0.25, 0.3) is 0 Å². The van der Waals surface area contributed by atoms with E-state index in [9.17, 15) is 4.39 Å². The van der Waals surface area contributed by atoms with Gasteiger partial charge >= 0.3 is 0 Å². The Morgan fingerprint density at radius 3 is 2.54 bits per heavy atom. The normalized spacial score (nSPS) is 12.6. The SMILES string of the molecule is CCC(C)=Nn1c(-c2ccccc2F)csc1=NCCc1ccccc1. The number of nitrogens with zero attached hydrogens (tertiary/aromatic N) is 3. The highest BCUT2D eigenvalue weighted by Crippen LogP contribution is 2.23. The van der Waals surface area contributed by atoms with Crippen LogP contribution in [0.25, 0.3) is 11.3 Å². The number of thiazole rings is 1. The number of aromatic nitrogens is 1. The van der Waals surface area contributed by atoms with E-state index in [1.54, 1.807) is 16.8 Å². The molecule has 0 bridgehead atoms. The van der Waals surface area contributed by atoms with Crippen LogP contribution in [0.1, 0.15) is 25.8 Å². The summed E-state index contributed by atoms with van der Waals surface area (Å²) in [6.07, 6.45) is 1.70. The minimum Gasteiger partial charge on any atom is -0.257 e. The van der Waals surface area contributed by atoms with Crippen LogP contribution in [0.15, 0.2) is 70.1 Å². The van der Waals surface area contributed by atoms with Crippen molar-refractivity contribution in [2.24, 2.45) is 10.1 Å². The van der Waals surface area contributed by atoms with E-state index in [1.807, 2.05) is 36.6 Å². The summed E-state index contributed by atoms with van der Waals surface area (Å²) in [6.45, 7) is 4.70. The first-order valence-corrected chi connectivity index (χ1v) is 9.61. The van der Waals surface area contributed by atoms with E-state index in [0.29, 0.717) is 12.1 Å². The van der Waals surface area contributed by atoms with Gasteiger partial charge < -0.3 is 0 Å². The molecular weight excluding hydrogens is 345 g/mol. The van der Waals surface area contributed by atoms with Gasteiger partial charge in [0, 0.05) is 23.2 Å². The number of halogens is 1. The average Bonchev–Trinajstić information content (AvgIpc) is 3.05. The summed E-state index contributed by atoms with van der Waals surface area (Å²) in [4.78, 5) is 5.50. The quantitative estimate of drug-likeness (QED) is 0.541. The van der Waals surface area contributed by atoms with E-state index >= 15 is 0 Å². The third kappa shape index (κ3) is 4.35. The highest BCUT2D eigenvalue weighted by Gasteiger charge is 2.11. The Morgan fingerprint density at radius 1 is 1.08 bits per heavy atom. The zero-order valence-corrected chi connectivity index (χ0v) is 15.8. The third-order valence-corrected chi connectivity index (χ3v) is 4.96. The Balaban J connectivity index is 1.97. The van der Waals surface area contributed by atoms with Gasteiger partial charge in [0.2, 0.25) is 4.80 Å². The van der Waals surface area contributed by atoms with Crippen molar-refractivity contribution in [3.8, 4) is 11.3 Å². The molecule has 2 aromatic carbocycles. The van der Waals surface area contributed by atoms with Gasteiger partial charge in [-0.2, -0.15) is 5.10 Å². The molecule has 0 radical (unpaired) electrons. The maximum atomic E-state index is 14.3. The minimum absolute atomic E-state index is 0.251. The monoisotopic (exact) mass is 367 g/mol. The van der Waals surface area contributed by atoms with Gasteiger partial charge in [-0.05, 0) is 37.5 Å². The molecule has 134 valence electrons. The molecule has 1 aromatic heterocycles. The lowest BCUT2D eigenvalue weighted by Crippen LogP contribution is -2.14. The molecule has 3 rings (SSSR count). The van der Waals surface area contributed by atoms with E-state index in [2.05, 4.69) is 24.2 Å². The Morgan fingerprint density at radius 2 is 1.81 bits per heavy atom. The Labute approximate surface area is 157 Å². The summed E-state index contributed by atoms with van der Waals surface area (Å²) in [6, 6.07) is 17.1. The summed E-state index contributed by atoms with van der Waals surface area (Å²) in [7, 11) is 0. The second-order valence-electron chi connectivity index (χ2n) is 6.00. The predicted octanol–water partition coefficient (Wildman–Crippen LogP) is 5.13. The van der Waals surface area contributed by atoms with Crippen molar-refractivity contribution in [3.05, 3.63) is 76.2 Å². The number of hydrogen-bond acceptors (Lipinski definition) is 3. The van der Waals surface area contributed by atoms with E-state index in [0.717, 1.165) is 29.0 Å². The summed E-state index contributed by atoms with van der Waals surface area (Å²) in [5.41, 5.74) is 3.51. The number of benzene rings is 2. The van der Waals surface area contributed by atoms with E-state index in [4.69, 9.17) is 4.99 Å². The highest BCUT2D eigenvalue weighted by atomic mass is 32.1. The van der Waals surface area contributed by atoms with Gasteiger partial charge in [-0.1, -0.05) is 49.4 Å². The average molecular weight is 367 g/mol. The van der Waals surface area contributed by atoms with E-state index < -0.39 is 0 Å². The molecule has 0 spiro atoms. The molecule has 0 amide bonds. The molecule has 0 fully saturated rings. The maximum Gasteiger partial charge on any atom is 0.206 e. The molecule has 0 aliphatic carbocycles. The largest absolute Gasteiger partial charge is 0.257 e. The van der Waals surface area contributed by atoms with Crippen molar-refractivity contribution in [2.45, 2.75) is 26.7 Å². The summed E-state index contributed by atoms with van der Waals surface area (Å²) in [5, 5.41) is 6.59. The molecule has 0 aliphatic rings. The van der Waals surface area contributed by atoms with Crippen LogP contribution in [0.2, 0.25) is 0 Å². The van der Waals surface area contributed by atoms with Crippen LogP contribution in [0, 0.1) is 5.82 Å². The van der Waals surface area contributed by atoms with Crippen LogP contribution in [0.4, 0.5) is 4.39 Å². The van der Waals surface area contributed by atoms with Gasteiger partial charge in [-0.3, -0.25) is 4.99 Å². The molecule has 0 atom stereocenters. The lowest BCUT2D eigenvalue weighted by atomic mass is 10.1. The Hall–Kier alpha value is -2.53. The van der Waals surface area contributed by atoms with Gasteiger partial charge in [-0.15, -0.1) is 11.3 Å². The second-order valence-corrected chi connectivity index (χ2v) is 6.84. The van der Waals surface area contributed by atoms with Gasteiger partial charge in [0.05, 0.1) is 5.69 Å². The standard InChI is InChI=1S/C21H22FN3S/c1-3-16(2)24-25-20(18-11-7-8-12-19(18)22)15-26-21(25)23-14-13-17-9-5-4-6-10-17/h4-12,15H,3,13-14H2,1-2H3. The zero-order valence-electron chi connectivity index (χ0n) is 15.0. The Bertz CT molecular complexity index is 955. The van der Waals surface area contributed by atoms with Crippen LogP contribution in [-0.4, -0.2) is 16.9 Å². The van der Waals surface area contributed by atoms with Crippen LogP contribution in [-0.2, 0) is 6.42 Å². The molecule has 5 heteroatoms. The fourth-order valence-corrected chi connectivity index (χ4v) is 3.37. The van der Waals surface area contributed by atoms with Gasteiger partial charge in [0.1, 0.15) is 5.82 Å². The van der Waals surface area contributed by atoms with Crippen LogP contribution in [0.3, 0.4) is 0 Å². The lowest BCUT2D eigenvalue weighted by Gasteiger charge is -2.06. The van der Waals surface area contributed by atoms with Gasteiger partial charge in [0.15, 0.2) is 0 Å². The van der Waals surface area contributed by atoms with Crippen molar-refractivity contribution in [1.29, 1.82) is 0 Å². The number of hydrogen-bond donors (Lipinski definition) is 0. The van der Waals surface area contributed by atoms with Crippen molar-refractivity contribution in [3.63, 3.8) is 0 Å². The molecule has 0 unspecified atom stereocenters. The maximum absolute atomic E-state index is 14.3. The third-order valence-electron chi connectivity index (χ3n) is 4.11. The van der Waals surface area contributed by atoms with Crippen LogP contribution >= 0.6 is 11.3 Å². The molecule has 3 nitrogen and oxygen atoms in total. The minimum atomic E-state index is -0.251. The van der Waals surface area contributed by atoms with Crippen molar-refractivity contribution in [2.75, 3.05) is 6.54 Å². The van der Waals surface area contributed by atoms with E-state index in [1.165, 1.54) is 23.0 Å². The summed E-state index contributed by atoms with van der Waals surface area (Å²) >= 11 is 1.49. The van der Waals surface area contributed by atoms with Crippen LogP contribution < -0.4 is 4.80 Å². The molecule has 0 N–H and O–H groups in total. The fourth-order valence-electron chi connectivity index (χ4n) is 2.53. The molecule has 0 saturated heterocycles. The van der Waals surface area contributed by atoms with Gasteiger partial charge in [-0.25, -0.2) is 9.07 Å². The topological polar surface area (TPSA) is 29.6 Å². The van der Waals surface area contributed by atoms with Crippen molar-refractivity contribution in [1.82, 2.24) is 4.68 Å². The highest BCUT2D eigenvalue weighted by molar-refractivity contribution is 7.07. The van der Waals surface area contributed by atoms with E-state index in [-0.39, 0.29) is 5.82 Å². The summed E-state index contributed by atoms with van der Waals surface area (Å²) in [5.74, 6) is -0.251. The molecule has 0 aliphatic heterocycles. The molecule has 26 heavy (non-hydrogen) atoms. The zero-order chi connectivity index (χ0) is 18.4. The van der Waals surface area contributed by atoms with Crippen molar-refractivity contribution < 1.29 is 4.39 Å². The Kier molecular flexibility index (Phi) is 6.12. The first-order valence-electron chi connectivity index (χ1n) is 8.73.